The zero-order valence-electron chi connectivity index (χ0n) is 37.1. The SMILES string of the molecule is CC[Si]1(CC)O[Si](CC)(CC)c2ccc3c(c2)c2cc(ccc2n3-c2ccccc2)[Si](CC)(CC)O[Si](CC)(CC)c2ccc3c(c2)c2cc1ccc2n3-c1ccccc1. The van der Waals surface area contributed by atoms with Crippen molar-refractivity contribution in [3.63, 3.8) is 0 Å². The molecule has 8 heteroatoms. The molecule has 0 fully saturated rings. The fourth-order valence-electron chi connectivity index (χ4n) is 11.1. The van der Waals surface area contributed by atoms with Crippen LogP contribution in [-0.4, -0.2) is 42.4 Å². The van der Waals surface area contributed by atoms with Crippen LogP contribution >= 0.6 is 0 Å². The molecule has 1 aliphatic heterocycles. The Kier molecular flexibility index (Phi) is 10.9. The summed E-state index contributed by atoms with van der Waals surface area (Å²) in [6.07, 6.45) is 0. The van der Waals surface area contributed by atoms with Gasteiger partial charge in [-0.15, -0.1) is 0 Å². The van der Waals surface area contributed by atoms with Gasteiger partial charge in [-0.05, 0) is 118 Å². The molecule has 0 saturated carbocycles. The summed E-state index contributed by atoms with van der Waals surface area (Å²) >= 11 is 0. The second-order valence-electron chi connectivity index (χ2n) is 17.3. The number of hydrogen-bond donors (Lipinski definition) is 0. The van der Waals surface area contributed by atoms with Gasteiger partial charge in [-0.1, -0.05) is 140 Å². The fourth-order valence-corrected chi connectivity index (χ4v) is 32.0. The van der Waals surface area contributed by atoms with Gasteiger partial charge < -0.3 is 17.4 Å². The van der Waals surface area contributed by atoms with Gasteiger partial charge in [-0.25, -0.2) is 0 Å². The molecule has 0 unspecified atom stereocenters. The van der Waals surface area contributed by atoms with E-state index in [-0.39, 0.29) is 0 Å². The molecule has 0 amide bonds. The van der Waals surface area contributed by atoms with Crippen molar-refractivity contribution in [2.24, 2.45) is 0 Å². The van der Waals surface area contributed by atoms with Gasteiger partial charge in [0.05, 0.1) is 22.1 Å². The third-order valence-electron chi connectivity index (χ3n) is 15.0. The van der Waals surface area contributed by atoms with Crippen molar-refractivity contribution in [3.05, 3.63) is 133 Å². The normalized spacial score (nSPS) is 16.9. The summed E-state index contributed by atoms with van der Waals surface area (Å²) in [4.78, 5) is 0. The van der Waals surface area contributed by atoms with E-state index in [4.69, 9.17) is 8.23 Å². The Hall–Kier alpha value is -4.29. The van der Waals surface area contributed by atoms with E-state index in [1.54, 1.807) is 0 Å². The Balaban J connectivity index is 1.41. The molecule has 0 atom stereocenters. The van der Waals surface area contributed by atoms with E-state index in [0.29, 0.717) is 0 Å². The molecular formula is C52H62N2O2Si4. The minimum absolute atomic E-state index is 1.04. The molecule has 6 aromatic carbocycles. The van der Waals surface area contributed by atoms with E-state index < -0.39 is 33.3 Å². The highest BCUT2D eigenvalue weighted by Gasteiger charge is 2.47. The largest absolute Gasteiger partial charge is 0.448 e. The lowest BCUT2D eigenvalue weighted by Crippen LogP contribution is -2.62. The highest BCUT2D eigenvalue weighted by Crippen LogP contribution is 2.38. The summed E-state index contributed by atoms with van der Waals surface area (Å²) in [6, 6.07) is 60.0. The monoisotopic (exact) mass is 858 g/mol. The van der Waals surface area contributed by atoms with E-state index in [1.165, 1.54) is 75.7 Å². The summed E-state index contributed by atoms with van der Waals surface area (Å²) in [5, 5.41) is 11.0. The van der Waals surface area contributed by atoms with Crippen LogP contribution < -0.4 is 20.7 Å². The molecule has 9 rings (SSSR count). The lowest BCUT2D eigenvalue weighted by Gasteiger charge is -2.42. The molecule has 0 saturated heterocycles. The van der Waals surface area contributed by atoms with E-state index in [1.807, 2.05) is 0 Å². The number of aromatic nitrogens is 2. The Labute approximate surface area is 361 Å². The third kappa shape index (κ3) is 6.15. The Morgan fingerprint density at radius 2 is 0.550 bits per heavy atom. The van der Waals surface area contributed by atoms with Crippen molar-refractivity contribution >= 4 is 97.6 Å². The second kappa shape index (κ2) is 15.9. The fraction of sp³-hybridized carbons (Fsp3) is 0.308. The Morgan fingerprint density at radius 3 is 0.767 bits per heavy atom. The number of nitrogens with zero attached hydrogens (tertiary/aromatic N) is 2. The second-order valence-corrected chi connectivity index (χ2v) is 34.8. The van der Waals surface area contributed by atoms with Crippen molar-refractivity contribution in [2.75, 3.05) is 0 Å². The van der Waals surface area contributed by atoms with Crippen LogP contribution in [0.15, 0.2) is 133 Å². The molecule has 3 heterocycles. The molecular weight excluding hydrogens is 797 g/mol. The first-order chi connectivity index (χ1) is 29.2. The first kappa shape index (κ1) is 41.1. The molecule has 8 aromatic rings. The maximum atomic E-state index is 8.17. The van der Waals surface area contributed by atoms with Gasteiger partial charge in [0.1, 0.15) is 0 Å². The molecule has 1 aliphatic rings. The van der Waals surface area contributed by atoms with Crippen LogP contribution in [0.2, 0.25) is 48.4 Å². The predicted octanol–water partition coefficient (Wildman–Crippen LogP) is 12.4. The van der Waals surface area contributed by atoms with Crippen LogP contribution in [0.25, 0.3) is 55.0 Å². The van der Waals surface area contributed by atoms with Gasteiger partial charge in [0.25, 0.3) is 0 Å². The summed E-state index contributed by atoms with van der Waals surface area (Å²) in [6.45, 7) is 19.2. The zero-order valence-corrected chi connectivity index (χ0v) is 41.1. The molecule has 60 heavy (non-hydrogen) atoms. The molecule has 308 valence electrons. The first-order valence-electron chi connectivity index (χ1n) is 22.9. The number of para-hydroxylation sites is 2. The number of hydrogen-bond acceptors (Lipinski definition) is 2. The van der Waals surface area contributed by atoms with Crippen LogP contribution in [0.1, 0.15) is 55.4 Å². The Bertz CT molecular complexity index is 2490. The van der Waals surface area contributed by atoms with Crippen LogP contribution in [0, 0.1) is 0 Å². The maximum absolute atomic E-state index is 8.17. The van der Waals surface area contributed by atoms with Gasteiger partial charge in [0.2, 0.25) is 33.3 Å². The van der Waals surface area contributed by atoms with Gasteiger partial charge >= 0.3 is 0 Å². The minimum atomic E-state index is -2.48. The topological polar surface area (TPSA) is 28.3 Å². The van der Waals surface area contributed by atoms with E-state index in [0.717, 1.165) is 48.4 Å². The summed E-state index contributed by atoms with van der Waals surface area (Å²) in [7, 11) is -9.91. The number of fused-ring (bicyclic) bond motifs is 4. The lowest BCUT2D eigenvalue weighted by molar-refractivity contribution is 0.539. The third-order valence-corrected chi connectivity index (χ3v) is 35.9. The number of benzene rings is 6. The van der Waals surface area contributed by atoms with Crippen molar-refractivity contribution in [2.45, 2.75) is 104 Å². The van der Waals surface area contributed by atoms with Gasteiger partial charge in [0.15, 0.2) is 0 Å². The lowest BCUT2D eigenvalue weighted by atomic mass is 10.1. The maximum Gasteiger partial charge on any atom is 0.211 e. The van der Waals surface area contributed by atoms with E-state index in [9.17, 15) is 0 Å². The highest BCUT2D eigenvalue weighted by atomic mass is 28.4. The van der Waals surface area contributed by atoms with Gasteiger partial charge in [0, 0.05) is 32.9 Å². The summed E-state index contributed by atoms with van der Waals surface area (Å²) in [5.41, 5.74) is 7.44. The molecule has 0 N–H and O–H groups in total. The van der Waals surface area contributed by atoms with E-state index >= 15 is 0 Å². The van der Waals surface area contributed by atoms with Crippen LogP contribution in [0.3, 0.4) is 0 Å². The molecule has 0 aliphatic carbocycles. The van der Waals surface area contributed by atoms with Gasteiger partial charge in [-0.3, -0.25) is 0 Å². The molecule has 0 spiro atoms. The van der Waals surface area contributed by atoms with E-state index in [2.05, 4.69) is 198 Å². The Morgan fingerprint density at radius 1 is 0.317 bits per heavy atom. The van der Waals surface area contributed by atoms with Crippen molar-refractivity contribution < 1.29 is 8.23 Å². The molecule has 2 aromatic heterocycles. The average Bonchev–Trinajstić information content (AvgIpc) is 3.82. The summed E-state index contributed by atoms with van der Waals surface area (Å²) in [5.74, 6) is 0. The summed E-state index contributed by atoms with van der Waals surface area (Å²) < 4.78 is 21.3. The quantitative estimate of drug-likeness (QED) is 0.128. The van der Waals surface area contributed by atoms with Crippen LogP contribution in [-0.2, 0) is 8.23 Å². The standard InChI is InChI=1S/C52H62N2O2Si4/c1-9-57(10-2)41-27-31-49-45(35-41)46-37-43(29-33-50(46)53(49)39-23-19-17-20-24-39)59(13-5,14-6)56-60(15-7,16-8)44-30-34-52-48(38-44)47-36-42(58(11-3,12-4)55-57)28-32-51(47)54(52)40-25-21-18-22-26-40/h17-38H,9-16H2,1-8H3. The molecule has 4 nitrogen and oxygen atoms in total. The smallest absolute Gasteiger partial charge is 0.211 e. The zero-order chi connectivity index (χ0) is 41.9. The van der Waals surface area contributed by atoms with Gasteiger partial charge in [-0.2, -0.15) is 0 Å². The first-order valence-corrected chi connectivity index (χ1v) is 32.2. The van der Waals surface area contributed by atoms with Crippen LogP contribution in [0.5, 0.6) is 0 Å². The van der Waals surface area contributed by atoms with Crippen molar-refractivity contribution in [1.29, 1.82) is 0 Å². The van der Waals surface area contributed by atoms with Crippen molar-refractivity contribution in [1.82, 2.24) is 9.13 Å². The highest BCUT2D eigenvalue weighted by molar-refractivity contribution is 7.00. The van der Waals surface area contributed by atoms with Crippen molar-refractivity contribution in [3.8, 4) is 11.4 Å². The molecule has 8 bridgehead atoms. The molecule has 0 radical (unpaired) electrons. The van der Waals surface area contributed by atoms with Crippen LogP contribution in [0.4, 0.5) is 0 Å². The predicted molar refractivity (Wildman–Crippen MR) is 269 cm³/mol. The average molecular weight is 859 g/mol. The minimum Gasteiger partial charge on any atom is -0.448 e. The number of rotatable bonds is 10.